The van der Waals surface area contributed by atoms with Crippen LogP contribution in [0, 0.1) is 11.8 Å². The minimum absolute atomic E-state index is 0.0130. The Morgan fingerprint density at radius 1 is 0.639 bits per heavy atom. The second-order valence-electron chi connectivity index (χ2n) is 24.8. The number of hydrogen-bond donors (Lipinski definition) is 18. The van der Waals surface area contributed by atoms with Gasteiger partial charge >= 0.3 is 0 Å². The fourth-order valence-corrected chi connectivity index (χ4v) is 10.9. The number of guanidine groups is 2. The third-order valence-corrected chi connectivity index (χ3v) is 16.5. The summed E-state index contributed by atoms with van der Waals surface area (Å²) < 4.78 is 0. The van der Waals surface area contributed by atoms with E-state index < -0.39 is 144 Å². The van der Waals surface area contributed by atoms with Crippen LogP contribution in [-0.4, -0.2) is 192 Å². The van der Waals surface area contributed by atoms with Gasteiger partial charge in [-0.15, -0.1) is 0 Å². The smallest absolute Gasteiger partial charge is 0.252 e. The Morgan fingerprint density at radius 2 is 1.26 bits per heavy atom. The zero-order chi connectivity index (χ0) is 71.7. The first-order valence-corrected chi connectivity index (χ1v) is 33.1. The Balaban J connectivity index is 1.70. The van der Waals surface area contributed by atoms with Crippen LogP contribution in [-0.2, 0) is 70.4 Å². The standard InChI is InChI=1S/C64H102N20O13/c1-5-37(4)50(61(96)80-45(21-14-30-74-64(70)71)62(97)84-31-15-22-48(84)58(93)77-42(52(67)87)18-9-11-27-65)82-55(90)44(20-13-29-73-63(68)69)78-54(89)43-19-10-12-28-72-59(94)51(83-53(88)41(66)33-39-23-25-40(85)26-24-39)60(95)75-35-49(86)76-47(34-38-16-7-6-8-17-38)57(92)81-46(32-36(2)3)56(91)79-43/h6-8,16-17,23-26,36-37,41-48,50-51,85H,5,9-15,18-22,27-35,65-66H2,1-4H3,(H2,67,87)(H,72,94)(H,75,95)(H,76,86)(H,77,93)(H,78,89)(H,79,91)(H,80,96)(H,81,92)(H,82,90)(H,83,88)(H4,68,69,73)(H4,70,71,74)/t37-,41-,42-,43-,44-,45-,46-,47-,48-,50-,51-/m0/s1. The molecule has 536 valence electrons. The topological polar surface area (TPSA) is 555 Å². The van der Waals surface area contributed by atoms with Crippen LogP contribution in [0.4, 0.5) is 0 Å². The maximum Gasteiger partial charge on any atom is 0.252 e. The van der Waals surface area contributed by atoms with Crippen molar-refractivity contribution in [3.63, 3.8) is 0 Å². The number of phenols is 1. The van der Waals surface area contributed by atoms with E-state index in [1.165, 1.54) is 29.2 Å². The average Bonchev–Trinajstić information content (AvgIpc) is 1.78. The molecule has 25 N–H and O–H groups in total. The molecule has 2 fully saturated rings. The highest BCUT2D eigenvalue weighted by Gasteiger charge is 2.41. The van der Waals surface area contributed by atoms with Crippen molar-refractivity contribution < 1.29 is 62.6 Å². The van der Waals surface area contributed by atoms with Crippen molar-refractivity contribution in [2.45, 2.75) is 191 Å². The number of phenolic OH excluding ortho intramolecular Hbond substituents is 1. The lowest BCUT2D eigenvalue weighted by Gasteiger charge is -2.32. The summed E-state index contributed by atoms with van der Waals surface area (Å²) in [4.78, 5) is 179. The molecule has 97 heavy (non-hydrogen) atoms. The number of amides is 12. The van der Waals surface area contributed by atoms with Gasteiger partial charge in [-0.2, -0.15) is 0 Å². The number of unbranched alkanes of at least 4 members (excludes halogenated alkanes) is 1. The molecule has 0 spiro atoms. The number of rotatable bonds is 32. The second-order valence-corrected chi connectivity index (χ2v) is 24.8. The number of aromatic hydroxyl groups is 1. The molecule has 4 rings (SSSR count). The van der Waals surface area contributed by atoms with Crippen molar-refractivity contribution >= 4 is 82.8 Å². The molecule has 0 radical (unpaired) electrons. The Labute approximate surface area is 565 Å². The van der Waals surface area contributed by atoms with Gasteiger partial charge in [-0.3, -0.25) is 67.5 Å². The van der Waals surface area contributed by atoms with Crippen molar-refractivity contribution in [3.05, 3.63) is 65.7 Å². The first-order chi connectivity index (χ1) is 46.1. The molecule has 11 atom stereocenters. The van der Waals surface area contributed by atoms with Gasteiger partial charge in [0, 0.05) is 32.6 Å². The van der Waals surface area contributed by atoms with Crippen molar-refractivity contribution in [2.24, 2.45) is 62.0 Å². The van der Waals surface area contributed by atoms with Gasteiger partial charge < -0.3 is 103 Å². The Bertz CT molecular complexity index is 3040. The average molecular weight is 1360 g/mol. The molecule has 0 saturated carbocycles. The van der Waals surface area contributed by atoms with Crippen molar-refractivity contribution in [1.82, 2.24) is 58.1 Å². The van der Waals surface area contributed by atoms with E-state index in [0.717, 1.165) is 0 Å². The number of carbonyl (C=O) groups is 12. The van der Waals surface area contributed by atoms with Crippen molar-refractivity contribution in [1.29, 1.82) is 0 Å². The first kappa shape index (κ1) is 79.8. The number of likely N-dealkylation sites (tertiary alicyclic amines) is 1. The van der Waals surface area contributed by atoms with Crippen LogP contribution in [0.2, 0.25) is 0 Å². The molecule has 0 aliphatic carbocycles. The molecular formula is C64H102N20O13. The quantitative estimate of drug-likeness (QED) is 0.0142. The van der Waals surface area contributed by atoms with E-state index in [4.69, 9.17) is 40.1 Å². The fourth-order valence-electron chi connectivity index (χ4n) is 10.9. The van der Waals surface area contributed by atoms with E-state index in [0.29, 0.717) is 43.4 Å². The molecule has 0 unspecified atom stereocenters. The van der Waals surface area contributed by atoms with Gasteiger partial charge in [0.25, 0.3) is 11.8 Å². The van der Waals surface area contributed by atoms with Gasteiger partial charge in [0.2, 0.25) is 59.1 Å². The van der Waals surface area contributed by atoms with Crippen molar-refractivity contribution in [2.75, 3.05) is 39.3 Å². The largest absolute Gasteiger partial charge is 0.508 e. The number of aliphatic imine (C=N–C) groups is 2. The van der Waals surface area contributed by atoms with Gasteiger partial charge in [0.1, 0.15) is 54.1 Å². The number of carbonyl (C=O) groups excluding carboxylic acids is 12. The van der Waals surface area contributed by atoms with E-state index in [1.54, 1.807) is 58.0 Å². The normalized spacial score (nSPS) is 20.1. The van der Waals surface area contributed by atoms with Crippen LogP contribution in [0.15, 0.2) is 64.6 Å². The summed E-state index contributed by atoms with van der Waals surface area (Å²) in [7, 11) is 0. The summed E-state index contributed by atoms with van der Waals surface area (Å²) in [6.45, 7) is 6.65. The zero-order valence-electron chi connectivity index (χ0n) is 55.9. The summed E-state index contributed by atoms with van der Waals surface area (Å²) in [5.74, 6) is -11.5. The highest BCUT2D eigenvalue weighted by atomic mass is 16.3. The van der Waals surface area contributed by atoms with E-state index in [9.17, 15) is 62.6 Å². The lowest BCUT2D eigenvalue weighted by Crippen LogP contribution is -2.61. The molecule has 33 heteroatoms. The van der Waals surface area contributed by atoms with E-state index in [-0.39, 0.29) is 127 Å². The lowest BCUT2D eigenvalue weighted by molar-refractivity contribution is -0.142. The third kappa shape index (κ3) is 27.9. The summed E-state index contributed by atoms with van der Waals surface area (Å²) in [5, 5.41) is 36.2. The molecule has 2 aliphatic heterocycles. The van der Waals surface area contributed by atoms with E-state index in [2.05, 4.69) is 63.2 Å². The Kier molecular flexibility index (Phi) is 34.0. The molecule has 0 aromatic heterocycles. The molecule has 2 aliphatic rings. The maximum absolute atomic E-state index is 14.9. The van der Waals surface area contributed by atoms with Crippen LogP contribution in [0.3, 0.4) is 0 Å². The minimum atomic E-state index is -1.94. The monoisotopic (exact) mass is 1360 g/mol. The summed E-state index contributed by atoms with van der Waals surface area (Å²) >= 11 is 0. The highest BCUT2D eigenvalue weighted by molar-refractivity contribution is 6.08. The van der Waals surface area contributed by atoms with Gasteiger partial charge in [0.05, 0.1) is 12.6 Å². The second kappa shape index (κ2) is 41.3. The fraction of sp³-hybridized carbons (Fsp3) is 0.594. The summed E-state index contributed by atoms with van der Waals surface area (Å²) in [6.07, 6.45) is 2.25. The molecule has 2 aromatic carbocycles. The number of nitrogens with one attached hydrogen (secondary N) is 10. The molecule has 33 nitrogen and oxygen atoms in total. The molecule has 2 heterocycles. The third-order valence-electron chi connectivity index (χ3n) is 16.5. The van der Waals surface area contributed by atoms with Gasteiger partial charge in [-0.1, -0.05) is 76.6 Å². The van der Waals surface area contributed by atoms with Crippen molar-refractivity contribution in [3.8, 4) is 5.75 Å². The number of nitrogens with two attached hydrogens (primary N) is 7. The summed E-state index contributed by atoms with van der Waals surface area (Å²) in [6, 6.07) is 0.867. The number of hydrogen-bond acceptors (Lipinski definition) is 17. The predicted octanol–water partition coefficient (Wildman–Crippen LogP) is -4.40. The SMILES string of the molecule is CC[C@H](C)[C@H](NC(=O)[C@H](CCCN=C(N)N)NC(=O)[C@@H]1CCCCNC(=O)[C@H](NC(=O)[C@@H](N)Cc2ccc(O)cc2)C(=O)NCC(=O)N[C@@H](Cc2ccccc2)C(=O)N[C@@H](CC(C)C)C(=O)N1)C(=O)N[C@@H](CCCN=C(N)N)C(=O)N1CCC[C@H]1C(=O)N[C@@H](CCCCN)C(N)=O. The van der Waals surface area contributed by atoms with Crippen LogP contribution in [0.25, 0.3) is 0 Å². The number of nitrogens with zero attached hydrogens (tertiary/aromatic N) is 3. The molecule has 2 aromatic rings. The first-order valence-electron chi connectivity index (χ1n) is 33.1. The van der Waals surface area contributed by atoms with Crippen LogP contribution in [0.1, 0.15) is 129 Å². The molecular weight excluding hydrogens is 1260 g/mol. The highest BCUT2D eigenvalue weighted by Crippen LogP contribution is 2.22. The zero-order valence-corrected chi connectivity index (χ0v) is 55.9. The molecule has 0 bridgehead atoms. The number of benzene rings is 2. The van der Waals surface area contributed by atoms with Gasteiger partial charge in [-0.25, -0.2) is 0 Å². The van der Waals surface area contributed by atoms with Gasteiger partial charge in [-0.05, 0) is 132 Å². The predicted molar refractivity (Wildman–Crippen MR) is 361 cm³/mol. The van der Waals surface area contributed by atoms with E-state index in [1.807, 2.05) is 0 Å². The molecule has 12 amide bonds. The Hall–Kier alpha value is -9.66. The Morgan fingerprint density at radius 3 is 1.88 bits per heavy atom. The van der Waals surface area contributed by atoms with E-state index >= 15 is 0 Å². The van der Waals surface area contributed by atoms with Gasteiger partial charge in [0.15, 0.2) is 18.0 Å². The summed E-state index contributed by atoms with van der Waals surface area (Å²) in [5.41, 5.74) is 41.1. The van der Waals surface area contributed by atoms with Crippen LogP contribution < -0.4 is 93.3 Å². The van der Waals surface area contributed by atoms with Crippen LogP contribution in [0.5, 0.6) is 5.75 Å². The maximum atomic E-state index is 14.9. The minimum Gasteiger partial charge on any atom is -0.508 e. The number of primary amides is 1. The lowest BCUT2D eigenvalue weighted by atomic mass is 9.96. The molecule has 2 saturated heterocycles. The van der Waals surface area contributed by atoms with Crippen LogP contribution >= 0.6 is 0 Å².